The van der Waals surface area contributed by atoms with Crippen molar-refractivity contribution in [3.63, 3.8) is 0 Å². The molecule has 2 aromatic rings. The minimum Gasteiger partial charge on any atom is -0.368 e. The molecule has 1 heterocycles. The summed E-state index contributed by atoms with van der Waals surface area (Å²) in [7, 11) is -3.62. The Morgan fingerprint density at radius 3 is 2.29 bits per heavy atom. The fourth-order valence-corrected chi connectivity index (χ4v) is 4.06. The number of rotatable bonds is 8. The molecule has 2 aromatic carbocycles. The molecule has 0 saturated carbocycles. The zero-order valence-corrected chi connectivity index (χ0v) is 17.7. The van der Waals surface area contributed by atoms with Gasteiger partial charge in [-0.15, -0.1) is 0 Å². The first-order valence-corrected chi connectivity index (χ1v) is 11.4. The summed E-state index contributed by atoms with van der Waals surface area (Å²) in [6.45, 7) is 2.26. The number of benzene rings is 2. The van der Waals surface area contributed by atoms with Crippen LogP contribution in [0.4, 0.5) is 11.4 Å². The number of nitro benzene ring substituents is 1. The highest BCUT2D eigenvalue weighted by Crippen LogP contribution is 2.20. The number of non-ortho nitro benzene ring substituents is 1. The van der Waals surface area contributed by atoms with Gasteiger partial charge in [0.25, 0.3) is 5.69 Å². The van der Waals surface area contributed by atoms with E-state index in [-0.39, 0.29) is 24.6 Å². The first-order chi connectivity index (χ1) is 14.8. The number of sulfonamides is 1. The van der Waals surface area contributed by atoms with Crippen molar-refractivity contribution in [2.24, 2.45) is 0 Å². The molecule has 1 aliphatic heterocycles. The van der Waals surface area contributed by atoms with Gasteiger partial charge in [-0.05, 0) is 23.8 Å². The van der Waals surface area contributed by atoms with Gasteiger partial charge < -0.3 is 9.80 Å². The van der Waals surface area contributed by atoms with Crippen LogP contribution in [0, 0.1) is 10.1 Å². The molecule has 10 heteroatoms. The topological polar surface area (TPSA) is 113 Å². The molecular weight excluding hydrogens is 420 g/mol. The predicted molar refractivity (Wildman–Crippen MR) is 119 cm³/mol. The standard InChI is InChI=1S/C21H24N4O5S/c26-21(10-12-22-31(29,30)17-11-18-4-2-1-3-5-18)24-15-13-23(14-16-24)19-6-8-20(9-7-19)25(27)28/h1-9,11,17,22H,10,12-16H2/b17-11+. The van der Waals surface area contributed by atoms with E-state index < -0.39 is 14.9 Å². The van der Waals surface area contributed by atoms with Crippen LogP contribution in [-0.4, -0.2) is 56.9 Å². The molecule has 0 radical (unpaired) electrons. The van der Waals surface area contributed by atoms with Crippen molar-refractivity contribution < 1.29 is 18.1 Å². The van der Waals surface area contributed by atoms with Crippen molar-refractivity contribution >= 4 is 33.4 Å². The zero-order chi connectivity index (χ0) is 22.3. The lowest BCUT2D eigenvalue weighted by Gasteiger charge is -2.36. The normalized spacial score (nSPS) is 14.7. The van der Waals surface area contributed by atoms with Crippen LogP contribution in [0.3, 0.4) is 0 Å². The maximum Gasteiger partial charge on any atom is 0.269 e. The van der Waals surface area contributed by atoms with Crippen molar-refractivity contribution in [1.29, 1.82) is 0 Å². The molecule has 164 valence electrons. The van der Waals surface area contributed by atoms with Gasteiger partial charge in [-0.2, -0.15) is 0 Å². The van der Waals surface area contributed by atoms with Crippen LogP contribution in [0.15, 0.2) is 60.0 Å². The summed E-state index contributed by atoms with van der Waals surface area (Å²) < 4.78 is 26.5. The molecule has 1 amide bonds. The lowest BCUT2D eigenvalue weighted by atomic mass is 10.2. The van der Waals surface area contributed by atoms with E-state index in [1.165, 1.54) is 18.2 Å². The second kappa shape index (κ2) is 10.2. The highest BCUT2D eigenvalue weighted by molar-refractivity contribution is 7.92. The fourth-order valence-electron chi connectivity index (χ4n) is 3.24. The number of hydrogen-bond donors (Lipinski definition) is 1. The van der Waals surface area contributed by atoms with Gasteiger partial charge in [0.15, 0.2) is 0 Å². The Morgan fingerprint density at radius 1 is 1.03 bits per heavy atom. The van der Waals surface area contributed by atoms with E-state index in [0.29, 0.717) is 26.2 Å². The van der Waals surface area contributed by atoms with Crippen LogP contribution < -0.4 is 9.62 Å². The lowest BCUT2D eigenvalue weighted by Crippen LogP contribution is -2.49. The van der Waals surface area contributed by atoms with Crippen LogP contribution in [0.25, 0.3) is 6.08 Å². The summed E-state index contributed by atoms with van der Waals surface area (Å²) in [5.41, 5.74) is 1.68. The number of anilines is 1. The average molecular weight is 445 g/mol. The smallest absolute Gasteiger partial charge is 0.269 e. The number of carbonyl (C=O) groups is 1. The Kier molecular flexibility index (Phi) is 7.37. The molecule has 0 aliphatic carbocycles. The van der Waals surface area contributed by atoms with Gasteiger partial charge in [0.1, 0.15) is 0 Å². The van der Waals surface area contributed by atoms with E-state index in [2.05, 4.69) is 9.62 Å². The van der Waals surface area contributed by atoms with Crippen molar-refractivity contribution in [2.45, 2.75) is 6.42 Å². The maximum atomic E-state index is 12.4. The molecule has 0 unspecified atom stereocenters. The van der Waals surface area contributed by atoms with Gasteiger partial charge in [-0.25, -0.2) is 13.1 Å². The summed E-state index contributed by atoms with van der Waals surface area (Å²) in [6.07, 6.45) is 1.58. The molecule has 1 N–H and O–H groups in total. The molecule has 0 atom stereocenters. The number of nitrogens with zero attached hydrogens (tertiary/aromatic N) is 3. The molecule has 0 spiro atoms. The summed E-state index contributed by atoms with van der Waals surface area (Å²) in [6, 6.07) is 15.4. The molecule has 31 heavy (non-hydrogen) atoms. The van der Waals surface area contributed by atoms with Crippen LogP contribution in [0.2, 0.25) is 0 Å². The molecule has 0 bridgehead atoms. The van der Waals surface area contributed by atoms with Crippen LogP contribution >= 0.6 is 0 Å². The predicted octanol–water partition coefficient (Wildman–Crippen LogP) is 2.22. The number of carbonyl (C=O) groups excluding carboxylic acids is 1. The van der Waals surface area contributed by atoms with Crippen molar-refractivity contribution in [1.82, 2.24) is 9.62 Å². The molecule has 1 saturated heterocycles. The monoisotopic (exact) mass is 444 g/mol. The first kappa shape index (κ1) is 22.4. The molecule has 1 aliphatic rings. The molecule has 3 rings (SSSR count). The SMILES string of the molecule is O=C(CCNS(=O)(=O)/C=C/c1ccccc1)N1CCN(c2ccc([N+](=O)[O-])cc2)CC1. The van der Waals surface area contributed by atoms with Gasteiger partial charge in [-0.3, -0.25) is 14.9 Å². The number of nitro groups is 1. The van der Waals surface area contributed by atoms with Crippen LogP contribution in [-0.2, 0) is 14.8 Å². The zero-order valence-electron chi connectivity index (χ0n) is 16.9. The minimum absolute atomic E-state index is 0.0306. The van der Waals surface area contributed by atoms with Gasteiger partial charge in [0.05, 0.1) is 4.92 Å². The van der Waals surface area contributed by atoms with Crippen molar-refractivity contribution in [3.05, 3.63) is 75.7 Å². The average Bonchev–Trinajstić information content (AvgIpc) is 2.78. The number of hydrogen-bond acceptors (Lipinski definition) is 6. The quantitative estimate of drug-likeness (QED) is 0.493. The minimum atomic E-state index is -3.62. The summed E-state index contributed by atoms with van der Waals surface area (Å²) in [4.78, 5) is 26.5. The van der Waals surface area contributed by atoms with Gasteiger partial charge >= 0.3 is 0 Å². The lowest BCUT2D eigenvalue weighted by molar-refractivity contribution is -0.384. The molecule has 0 aromatic heterocycles. The summed E-state index contributed by atoms with van der Waals surface area (Å²) >= 11 is 0. The fraction of sp³-hybridized carbons (Fsp3) is 0.286. The Balaban J connectivity index is 1.42. The Bertz CT molecular complexity index is 1030. The maximum absolute atomic E-state index is 12.4. The van der Waals surface area contributed by atoms with E-state index in [1.54, 1.807) is 29.2 Å². The van der Waals surface area contributed by atoms with Gasteiger partial charge in [-0.1, -0.05) is 30.3 Å². The van der Waals surface area contributed by atoms with Crippen LogP contribution in [0.1, 0.15) is 12.0 Å². The number of piperazine rings is 1. The highest BCUT2D eigenvalue weighted by Gasteiger charge is 2.21. The molecule has 1 fully saturated rings. The first-order valence-electron chi connectivity index (χ1n) is 9.84. The number of nitrogens with one attached hydrogen (secondary N) is 1. The molecular formula is C21H24N4O5S. The Hall–Kier alpha value is -3.24. The van der Waals surface area contributed by atoms with Gasteiger partial charge in [0.2, 0.25) is 15.9 Å². The van der Waals surface area contributed by atoms with E-state index >= 15 is 0 Å². The molecule has 9 nitrogen and oxygen atoms in total. The second-order valence-corrected chi connectivity index (χ2v) is 8.69. The third-order valence-electron chi connectivity index (χ3n) is 4.94. The third-order valence-corrected chi connectivity index (χ3v) is 6.04. The van der Waals surface area contributed by atoms with Crippen molar-refractivity contribution in [3.8, 4) is 0 Å². The number of amides is 1. The van der Waals surface area contributed by atoms with E-state index in [0.717, 1.165) is 16.7 Å². The largest absolute Gasteiger partial charge is 0.368 e. The summed E-state index contributed by atoms with van der Waals surface area (Å²) in [5.74, 6) is -0.113. The summed E-state index contributed by atoms with van der Waals surface area (Å²) in [5, 5.41) is 11.9. The Morgan fingerprint density at radius 2 is 1.68 bits per heavy atom. The van der Waals surface area contributed by atoms with Crippen molar-refractivity contribution in [2.75, 3.05) is 37.6 Å². The Labute approximate surface area is 181 Å². The van der Waals surface area contributed by atoms with E-state index in [4.69, 9.17) is 0 Å². The van der Waals surface area contributed by atoms with Crippen LogP contribution in [0.5, 0.6) is 0 Å². The highest BCUT2D eigenvalue weighted by atomic mass is 32.2. The van der Waals surface area contributed by atoms with E-state index in [1.807, 2.05) is 18.2 Å². The van der Waals surface area contributed by atoms with E-state index in [9.17, 15) is 23.3 Å². The van der Waals surface area contributed by atoms with Gasteiger partial charge in [0, 0.05) is 62.4 Å². The second-order valence-electron chi connectivity index (χ2n) is 7.04. The third kappa shape index (κ3) is 6.63.